The standard InChI is InChI=1S/C32H37N5O7/c1-20-16-37(21(2)18-38)30(39)14-22-13-24(34-31(40)33-23-7-5-4-6-8-23)9-11-26(22)44-29(20)17-36(3)32(41)35-25-10-12-27-28(15-25)43-19-42-27/h4-13,15,20-21,29,38H,14,16-19H2,1-3H3,(H,35,41)(H2,33,34,40)/t20-,21+,29-/m0/s1. The second-order valence-corrected chi connectivity index (χ2v) is 11.0. The zero-order valence-corrected chi connectivity index (χ0v) is 24.9. The van der Waals surface area contributed by atoms with Crippen LogP contribution >= 0.6 is 0 Å². The summed E-state index contributed by atoms with van der Waals surface area (Å²) in [5.74, 6) is 1.28. The number of carbonyl (C=O) groups excluding carboxylic acids is 3. The molecule has 12 nitrogen and oxygen atoms in total. The van der Waals surface area contributed by atoms with Crippen molar-refractivity contribution in [3.8, 4) is 17.2 Å². The summed E-state index contributed by atoms with van der Waals surface area (Å²) in [5, 5.41) is 18.4. The number of fused-ring (bicyclic) bond motifs is 2. The van der Waals surface area contributed by atoms with E-state index in [1.165, 1.54) is 4.90 Å². The average Bonchev–Trinajstić information content (AvgIpc) is 3.49. The van der Waals surface area contributed by atoms with Crippen LogP contribution in [0.2, 0.25) is 0 Å². The number of carbonyl (C=O) groups is 3. The molecule has 2 aliphatic heterocycles. The summed E-state index contributed by atoms with van der Waals surface area (Å²) < 4.78 is 17.2. The van der Waals surface area contributed by atoms with Crippen LogP contribution in [0.25, 0.3) is 0 Å². The Morgan fingerprint density at radius 3 is 2.39 bits per heavy atom. The van der Waals surface area contributed by atoms with E-state index in [1.807, 2.05) is 25.1 Å². The van der Waals surface area contributed by atoms with Crippen LogP contribution in [0.4, 0.5) is 26.7 Å². The average molecular weight is 604 g/mol. The number of urea groups is 2. The molecule has 2 heterocycles. The normalized spacial score (nSPS) is 18.1. The van der Waals surface area contributed by atoms with Crippen molar-refractivity contribution < 1.29 is 33.7 Å². The molecule has 0 spiro atoms. The van der Waals surface area contributed by atoms with Crippen molar-refractivity contribution in [2.75, 3.05) is 49.5 Å². The van der Waals surface area contributed by atoms with Crippen LogP contribution in [0.5, 0.6) is 17.2 Å². The van der Waals surface area contributed by atoms with E-state index in [2.05, 4.69) is 16.0 Å². The number of nitrogens with one attached hydrogen (secondary N) is 3. The smallest absolute Gasteiger partial charge is 0.323 e. The second kappa shape index (κ2) is 13.6. The van der Waals surface area contributed by atoms with E-state index < -0.39 is 18.2 Å². The van der Waals surface area contributed by atoms with Gasteiger partial charge in [-0.25, -0.2) is 9.59 Å². The molecule has 3 aromatic rings. The number of likely N-dealkylation sites (N-methyl/N-ethyl adjacent to an activating group) is 1. The summed E-state index contributed by atoms with van der Waals surface area (Å²) in [4.78, 5) is 42.4. The fourth-order valence-corrected chi connectivity index (χ4v) is 5.09. The Balaban J connectivity index is 1.34. The summed E-state index contributed by atoms with van der Waals surface area (Å²) in [6.45, 7) is 4.21. The predicted molar refractivity (Wildman–Crippen MR) is 165 cm³/mol. The first-order valence-electron chi connectivity index (χ1n) is 14.4. The molecule has 12 heteroatoms. The van der Waals surface area contributed by atoms with Gasteiger partial charge in [-0.15, -0.1) is 0 Å². The van der Waals surface area contributed by atoms with Gasteiger partial charge in [0.2, 0.25) is 12.7 Å². The lowest BCUT2D eigenvalue weighted by molar-refractivity contribution is -0.134. The molecule has 0 aromatic heterocycles. The minimum Gasteiger partial charge on any atom is -0.488 e. The minimum atomic E-state index is -0.499. The van der Waals surface area contributed by atoms with Crippen molar-refractivity contribution in [1.82, 2.24) is 9.80 Å². The Morgan fingerprint density at radius 1 is 0.955 bits per heavy atom. The highest BCUT2D eigenvalue weighted by Gasteiger charge is 2.32. The van der Waals surface area contributed by atoms with Gasteiger partial charge in [-0.1, -0.05) is 25.1 Å². The van der Waals surface area contributed by atoms with Crippen LogP contribution in [0.15, 0.2) is 66.7 Å². The molecule has 4 N–H and O–H groups in total. The monoisotopic (exact) mass is 603 g/mol. The Hall–Kier alpha value is -4.97. The summed E-state index contributed by atoms with van der Waals surface area (Å²) >= 11 is 0. The van der Waals surface area contributed by atoms with Crippen molar-refractivity contribution in [1.29, 1.82) is 0 Å². The number of ether oxygens (including phenoxy) is 3. The summed E-state index contributed by atoms with van der Waals surface area (Å²) in [5.41, 5.74) is 2.27. The van der Waals surface area contributed by atoms with E-state index in [0.29, 0.717) is 46.4 Å². The van der Waals surface area contributed by atoms with Crippen molar-refractivity contribution >= 4 is 35.0 Å². The zero-order valence-electron chi connectivity index (χ0n) is 24.9. The molecule has 0 saturated heterocycles. The number of nitrogens with zero attached hydrogens (tertiary/aromatic N) is 2. The van der Waals surface area contributed by atoms with E-state index in [0.717, 1.165) is 0 Å². The Labute approximate surface area is 255 Å². The summed E-state index contributed by atoms with van der Waals surface area (Å²) in [7, 11) is 1.67. The molecule has 5 rings (SSSR count). The molecule has 0 saturated carbocycles. The van der Waals surface area contributed by atoms with E-state index in [4.69, 9.17) is 14.2 Å². The van der Waals surface area contributed by atoms with E-state index in [1.54, 1.807) is 67.4 Å². The number of hydrogen-bond acceptors (Lipinski definition) is 7. The number of amides is 5. The van der Waals surface area contributed by atoms with E-state index in [-0.39, 0.29) is 44.2 Å². The fourth-order valence-electron chi connectivity index (χ4n) is 5.09. The van der Waals surface area contributed by atoms with Crippen LogP contribution in [0.1, 0.15) is 19.4 Å². The number of rotatable bonds is 7. The first-order chi connectivity index (χ1) is 21.2. The van der Waals surface area contributed by atoms with Gasteiger partial charge < -0.3 is 45.1 Å². The van der Waals surface area contributed by atoms with Crippen molar-refractivity contribution in [3.05, 3.63) is 72.3 Å². The molecule has 0 bridgehead atoms. The number of hydrogen-bond donors (Lipinski definition) is 4. The third kappa shape index (κ3) is 7.32. The van der Waals surface area contributed by atoms with Crippen molar-refractivity contribution in [2.24, 2.45) is 5.92 Å². The van der Waals surface area contributed by atoms with Gasteiger partial charge in [0.25, 0.3) is 0 Å². The molecule has 44 heavy (non-hydrogen) atoms. The van der Waals surface area contributed by atoms with Gasteiger partial charge >= 0.3 is 12.1 Å². The first kappa shape index (κ1) is 30.5. The van der Waals surface area contributed by atoms with Crippen LogP contribution < -0.4 is 30.2 Å². The summed E-state index contributed by atoms with van der Waals surface area (Å²) in [6.07, 6.45) is -0.490. The lowest BCUT2D eigenvalue weighted by atomic mass is 10.0. The molecule has 3 aromatic carbocycles. The van der Waals surface area contributed by atoms with Crippen LogP contribution in [0, 0.1) is 5.92 Å². The van der Waals surface area contributed by atoms with Crippen LogP contribution in [-0.2, 0) is 11.2 Å². The highest BCUT2D eigenvalue weighted by Crippen LogP contribution is 2.34. The third-order valence-corrected chi connectivity index (χ3v) is 7.63. The van der Waals surface area contributed by atoms with Crippen LogP contribution in [0.3, 0.4) is 0 Å². The molecule has 2 aliphatic rings. The van der Waals surface area contributed by atoms with Crippen molar-refractivity contribution in [2.45, 2.75) is 32.4 Å². The predicted octanol–water partition coefficient (Wildman–Crippen LogP) is 4.37. The van der Waals surface area contributed by atoms with Gasteiger partial charge in [0.1, 0.15) is 11.9 Å². The molecule has 0 radical (unpaired) electrons. The molecule has 0 unspecified atom stereocenters. The fraction of sp³-hybridized carbons (Fsp3) is 0.344. The number of aliphatic hydroxyl groups is 1. The van der Waals surface area contributed by atoms with Gasteiger partial charge in [-0.3, -0.25) is 4.79 Å². The molecule has 0 fully saturated rings. The maximum absolute atomic E-state index is 13.5. The molecular formula is C32H37N5O7. The first-order valence-corrected chi connectivity index (χ1v) is 14.4. The highest BCUT2D eigenvalue weighted by atomic mass is 16.7. The molecule has 5 amide bonds. The number of anilines is 3. The molecule has 232 valence electrons. The zero-order chi connectivity index (χ0) is 31.2. The SMILES string of the molecule is C[C@H](CO)N1C[C@H](C)[C@H](CN(C)C(=O)Nc2ccc3c(c2)OCO3)Oc2ccc(NC(=O)Nc3ccccc3)cc2CC1=O. The quantitative estimate of drug-likeness (QED) is 0.314. The Bertz CT molecular complexity index is 1500. The molecule has 0 aliphatic carbocycles. The maximum Gasteiger partial charge on any atom is 0.323 e. The third-order valence-electron chi connectivity index (χ3n) is 7.63. The van der Waals surface area contributed by atoms with Crippen molar-refractivity contribution in [3.63, 3.8) is 0 Å². The van der Waals surface area contributed by atoms with Gasteiger partial charge in [-0.2, -0.15) is 0 Å². The van der Waals surface area contributed by atoms with E-state index in [9.17, 15) is 19.5 Å². The Kier molecular flexibility index (Phi) is 9.39. The lowest BCUT2D eigenvalue weighted by Gasteiger charge is -2.34. The lowest BCUT2D eigenvalue weighted by Crippen LogP contribution is -2.48. The minimum absolute atomic E-state index is 0.00930. The largest absolute Gasteiger partial charge is 0.488 e. The Morgan fingerprint density at radius 2 is 1.64 bits per heavy atom. The number of benzene rings is 3. The second-order valence-electron chi connectivity index (χ2n) is 11.0. The van der Waals surface area contributed by atoms with Gasteiger partial charge in [-0.05, 0) is 49.4 Å². The molecular weight excluding hydrogens is 566 g/mol. The van der Waals surface area contributed by atoms with Gasteiger partial charge in [0.05, 0.1) is 25.6 Å². The topological polar surface area (TPSA) is 142 Å². The molecule has 3 atom stereocenters. The summed E-state index contributed by atoms with van der Waals surface area (Å²) in [6, 6.07) is 18.2. The van der Waals surface area contributed by atoms with E-state index >= 15 is 0 Å². The van der Waals surface area contributed by atoms with Gasteiger partial charge in [0, 0.05) is 48.2 Å². The van der Waals surface area contributed by atoms with Gasteiger partial charge in [0.15, 0.2) is 11.5 Å². The number of para-hydroxylation sites is 1. The van der Waals surface area contributed by atoms with Crippen LogP contribution in [-0.4, -0.2) is 78.6 Å². The highest BCUT2D eigenvalue weighted by molar-refractivity contribution is 6.00. The number of aliphatic hydroxyl groups excluding tert-OH is 1. The maximum atomic E-state index is 13.5.